The molecule has 0 unspecified atom stereocenters. The second-order valence-electron chi connectivity index (χ2n) is 8.48. The van der Waals surface area contributed by atoms with Crippen molar-refractivity contribution in [2.24, 2.45) is 17.3 Å². The molecule has 0 radical (unpaired) electrons. The predicted molar refractivity (Wildman–Crippen MR) is 99.2 cm³/mol. The molecule has 0 heterocycles. The quantitative estimate of drug-likeness (QED) is 0.787. The van der Waals surface area contributed by atoms with Crippen molar-refractivity contribution >= 4 is 16.2 Å². The number of rotatable bonds is 4. The number of Topliss-reactive ketones (excluding diaryl/α,β-unsaturated/α-hetero) is 1. The topological polar surface area (TPSA) is 89.9 Å². The van der Waals surface area contributed by atoms with Gasteiger partial charge in [-0.1, -0.05) is 13.0 Å². The summed E-state index contributed by atoms with van der Waals surface area (Å²) in [4.78, 5) is 12.5. The third-order valence-corrected chi connectivity index (χ3v) is 7.57. The summed E-state index contributed by atoms with van der Waals surface area (Å²) in [6.45, 7) is 2.68. The van der Waals surface area contributed by atoms with E-state index in [1.165, 1.54) is 5.56 Å². The van der Waals surface area contributed by atoms with Crippen LogP contribution in [0.5, 0.6) is 5.75 Å². The van der Waals surface area contributed by atoms with Crippen LogP contribution in [0.3, 0.4) is 0 Å². The van der Waals surface area contributed by atoms with Gasteiger partial charge in [0.2, 0.25) is 0 Å². The Morgan fingerprint density at radius 2 is 2.04 bits per heavy atom. The molecule has 0 aliphatic heterocycles. The van der Waals surface area contributed by atoms with Crippen molar-refractivity contribution in [1.82, 2.24) is 0 Å². The minimum Gasteiger partial charge on any atom is -0.384 e. The van der Waals surface area contributed by atoms with Crippen molar-refractivity contribution < 1.29 is 26.7 Å². The average Bonchev–Trinajstić information content (AvgIpc) is 2.89. The Kier molecular flexibility index (Phi) is 4.60. The Labute approximate surface area is 160 Å². The van der Waals surface area contributed by atoms with Gasteiger partial charge in [-0.25, -0.2) is 0 Å². The first-order valence-electron chi connectivity index (χ1n) is 9.56. The Bertz CT molecular complexity index is 863. The van der Waals surface area contributed by atoms with Gasteiger partial charge in [0.1, 0.15) is 11.5 Å². The number of benzene rings is 1. The zero-order valence-corrected chi connectivity index (χ0v) is 16.5. The maximum absolute atomic E-state index is 12.5. The lowest BCUT2D eigenvalue weighted by Gasteiger charge is -2.50. The first kappa shape index (κ1) is 18.9. The molecule has 3 aliphatic carbocycles. The second kappa shape index (κ2) is 6.57. The van der Waals surface area contributed by atoms with E-state index in [1.807, 2.05) is 6.07 Å². The summed E-state index contributed by atoms with van der Waals surface area (Å²) in [5.74, 6) is 1.87. The molecular formula is C20H26O6S. The molecule has 148 valence electrons. The molecule has 0 aromatic heterocycles. The average molecular weight is 394 g/mol. The van der Waals surface area contributed by atoms with E-state index in [1.54, 1.807) is 19.2 Å². The molecule has 1 N–H and O–H groups in total. The Balaban J connectivity index is 1.73. The van der Waals surface area contributed by atoms with Gasteiger partial charge in [-0.15, -0.1) is 0 Å². The highest BCUT2D eigenvalue weighted by atomic mass is 32.3. The number of ether oxygens (including phenoxy) is 1. The SMILES string of the molecule is COC[C@@H]1C[C@@H]2[C@H](CC[C@]3(C)C(=O)CC[C@@H]23)c2ccc(OS(=O)(=O)O)cc21. The van der Waals surface area contributed by atoms with E-state index < -0.39 is 10.4 Å². The van der Waals surface area contributed by atoms with Crippen molar-refractivity contribution in [3.8, 4) is 5.75 Å². The van der Waals surface area contributed by atoms with Crippen LogP contribution in [0.2, 0.25) is 0 Å². The van der Waals surface area contributed by atoms with Gasteiger partial charge >= 0.3 is 10.4 Å². The maximum atomic E-state index is 12.5. The first-order chi connectivity index (χ1) is 12.7. The number of hydrogen-bond donors (Lipinski definition) is 1. The number of carbonyl (C=O) groups is 1. The number of methoxy groups -OCH3 is 1. The molecule has 6 nitrogen and oxygen atoms in total. The molecule has 0 saturated heterocycles. The monoisotopic (exact) mass is 394 g/mol. The van der Waals surface area contributed by atoms with Crippen molar-refractivity contribution in [2.45, 2.75) is 50.9 Å². The van der Waals surface area contributed by atoms with Crippen molar-refractivity contribution in [3.63, 3.8) is 0 Å². The maximum Gasteiger partial charge on any atom is 0.446 e. The normalized spacial score (nSPS) is 35.3. The summed E-state index contributed by atoms with van der Waals surface area (Å²) < 4.78 is 41.2. The van der Waals surface area contributed by atoms with Gasteiger partial charge < -0.3 is 8.92 Å². The fraction of sp³-hybridized carbons (Fsp3) is 0.650. The van der Waals surface area contributed by atoms with Crippen LogP contribution >= 0.6 is 0 Å². The molecule has 1 aromatic carbocycles. The molecule has 1 aromatic rings. The minimum absolute atomic E-state index is 0.118. The van der Waals surface area contributed by atoms with Crippen LogP contribution in [0.25, 0.3) is 0 Å². The zero-order valence-electron chi connectivity index (χ0n) is 15.7. The summed E-state index contributed by atoms with van der Waals surface area (Å²) in [7, 11) is -2.89. The van der Waals surface area contributed by atoms with Gasteiger partial charge in [-0.3, -0.25) is 9.35 Å². The number of ketones is 1. The highest BCUT2D eigenvalue weighted by molar-refractivity contribution is 7.81. The van der Waals surface area contributed by atoms with Crippen LogP contribution in [0.4, 0.5) is 0 Å². The third-order valence-electron chi connectivity index (χ3n) is 7.17. The van der Waals surface area contributed by atoms with Gasteiger partial charge in [-0.2, -0.15) is 8.42 Å². The van der Waals surface area contributed by atoms with Gasteiger partial charge in [0.15, 0.2) is 0 Å². The van der Waals surface area contributed by atoms with E-state index in [0.29, 0.717) is 36.6 Å². The van der Waals surface area contributed by atoms with Gasteiger partial charge in [0.25, 0.3) is 0 Å². The predicted octanol–water partition coefficient (Wildman–Crippen LogP) is 3.48. The van der Waals surface area contributed by atoms with E-state index in [0.717, 1.165) is 31.2 Å². The van der Waals surface area contributed by atoms with Crippen molar-refractivity contribution in [1.29, 1.82) is 0 Å². The Hall–Kier alpha value is -1.44. The van der Waals surface area contributed by atoms with Gasteiger partial charge in [-0.05, 0) is 66.7 Å². The first-order valence-corrected chi connectivity index (χ1v) is 10.9. The van der Waals surface area contributed by atoms with Crippen LogP contribution in [0.1, 0.15) is 62.0 Å². The summed E-state index contributed by atoms with van der Waals surface area (Å²) in [5, 5.41) is 0. The fourth-order valence-electron chi connectivity index (χ4n) is 6.01. The van der Waals surface area contributed by atoms with E-state index in [2.05, 4.69) is 11.1 Å². The lowest BCUT2D eigenvalue weighted by atomic mass is 9.54. The van der Waals surface area contributed by atoms with E-state index in [9.17, 15) is 13.2 Å². The number of carbonyl (C=O) groups excluding carboxylic acids is 1. The molecule has 0 bridgehead atoms. The lowest BCUT2D eigenvalue weighted by molar-refractivity contribution is -0.129. The smallest absolute Gasteiger partial charge is 0.384 e. The molecule has 27 heavy (non-hydrogen) atoms. The lowest BCUT2D eigenvalue weighted by Crippen LogP contribution is -2.43. The molecule has 7 heteroatoms. The molecule has 3 aliphatic rings. The standard InChI is InChI=1S/C20H26O6S/c1-20-8-7-15-14-4-3-13(26-27(22,23)24)10-16(14)12(11-25-2)9-17(15)18(20)5-6-19(20)21/h3-4,10,12,15,17-18H,5-9,11H2,1-2H3,(H,22,23,24)/t12-,15+,17+,18-,20-/m0/s1. The Morgan fingerprint density at radius 1 is 1.26 bits per heavy atom. The molecule has 0 amide bonds. The minimum atomic E-state index is -4.55. The molecule has 2 fully saturated rings. The molecule has 5 atom stereocenters. The van der Waals surface area contributed by atoms with Gasteiger partial charge in [0, 0.05) is 24.9 Å². The van der Waals surface area contributed by atoms with E-state index in [4.69, 9.17) is 9.29 Å². The summed E-state index contributed by atoms with van der Waals surface area (Å²) >= 11 is 0. The number of hydrogen-bond acceptors (Lipinski definition) is 5. The third kappa shape index (κ3) is 3.19. The summed E-state index contributed by atoms with van der Waals surface area (Å²) in [5.41, 5.74) is 2.05. The van der Waals surface area contributed by atoms with Crippen LogP contribution in [-0.2, 0) is 19.9 Å². The highest BCUT2D eigenvalue weighted by Crippen LogP contribution is 2.61. The van der Waals surface area contributed by atoms with Crippen LogP contribution in [0.15, 0.2) is 18.2 Å². The summed E-state index contributed by atoms with van der Waals surface area (Å²) in [6.07, 6.45) is 4.46. The summed E-state index contributed by atoms with van der Waals surface area (Å²) in [6, 6.07) is 5.25. The Morgan fingerprint density at radius 3 is 2.74 bits per heavy atom. The van der Waals surface area contributed by atoms with Gasteiger partial charge in [0.05, 0.1) is 6.61 Å². The second-order valence-corrected chi connectivity index (χ2v) is 9.51. The van der Waals surface area contributed by atoms with Crippen molar-refractivity contribution in [3.05, 3.63) is 29.3 Å². The van der Waals surface area contributed by atoms with E-state index >= 15 is 0 Å². The van der Waals surface area contributed by atoms with Crippen molar-refractivity contribution in [2.75, 3.05) is 13.7 Å². The highest BCUT2D eigenvalue weighted by Gasteiger charge is 2.55. The molecular weight excluding hydrogens is 368 g/mol. The van der Waals surface area contributed by atoms with E-state index in [-0.39, 0.29) is 17.1 Å². The van der Waals surface area contributed by atoms with Crippen LogP contribution in [0, 0.1) is 17.3 Å². The fourth-order valence-corrected chi connectivity index (χ4v) is 6.35. The zero-order chi connectivity index (χ0) is 19.4. The number of fused-ring (bicyclic) bond motifs is 5. The van der Waals surface area contributed by atoms with Crippen LogP contribution < -0.4 is 4.18 Å². The molecule has 2 saturated carbocycles. The largest absolute Gasteiger partial charge is 0.446 e. The molecule has 4 rings (SSSR count). The molecule has 0 spiro atoms. The van der Waals surface area contributed by atoms with Crippen LogP contribution in [-0.4, -0.2) is 32.5 Å².